The summed E-state index contributed by atoms with van der Waals surface area (Å²) in [7, 11) is 4.59. The second-order valence-corrected chi connectivity index (χ2v) is 8.48. The molecule has 1 N–H and O–H groups in total. The molecule has 0 radical (unpaired) electrons. The molecule has 2 aromatic carbocycles. The topological polar surface area (TPSA) is 103 Å². The van der Waals surface area contributed by atoms with E-state index in [2.05, 4.69) is 15.5 Å². The van der Waals surface area contributed by atoms with E-state index in [0.717, 1.165) is 10.7 Å². The van der Waals surface area contributed by atoms with Crippen LogP contribution in [0.4, 0.5) is 10.8 Å². The lowest BCUT2D eigenvalue weighted by molar-refractivity contribution is -0.117. The highest BCUT2D eigenvalue weighted by molar-refractivity contribution is 7.15. The molecule has 4 rings (SSSR count). The molecule has 34 heavy (non-hydrogen) atoms. The third-order valence-electron chi connectivity index (χ3n) is 5.33. The molecule has 2 amide bonds. The number of amides is 2. The van der Waals surface area contributed by atoms with E-state index < -0.39 is 0 Å². The van der Waals surface area contributed by atoms with E-state index in [1.54, 1.807) is 23.1 Å². The first-order valence-corrected chi connectivity index (χ1v) is 11.3. The zero-order valence-corrected chi connectivity index (χ0v) is 19.8. The van der Waals surface area contributed by atoms with Crippen LogP contribution in [0.15, 0.2) is 48.5 Å². The summed E-state index contributed by atoms with van der Waals surface area (Å²) in [6.07, 6.45) is 3.38. The smallest absolute Gasteiger partial charge is 0.250 e. The Kier molecular flexibility index (Phi) is 7.07. The first-order valence-electron chi connectivity index (χ1n) is 10.5. The van der Waals surface area contributed by atoms with E-state index in [4.69, 9.17) is 14.2 Å². The van der Waals surface area contributed by atoms with Gasteiger partial charge in [-0.2, -0.15) is 0 Å². The van der Waals surface area contributed by atoms with Crippen LogP contribution in [-0.2, 0) is 9.59 Å². The molecule has 1 aromatic heterocycles. The van der Waals surface area contributed by atoms with Gasteiger partial charge in [0.15, 0.2) is 11.5 Å². The molecule has 1 aliphatic rings. The number of hydrogen-bond acceptors (Lipinski definition) is 8. The summed E-state index contributed by atoms with van der Waals surface area (Å²) >= 11 is 1.27. The molecule has 1 unspecified atom stereocenters. The van der Waals surface area contributed by atoms with Gasteiger partial charge >= 0.3 is 0 Å². The molecule has 3 aromatic rings. The normalized spacial score (nSPS) is 15.6. The Morgan fingerprint density at radius 3 is 2.44 bits per heavy atom. The molecule has 1 fully saturated rings. The quantitative estimate of drug-likeness (QED) is 0.490. The number of anilines is 2. The van der Waals surface area contributed by atoms with E-state index in [9.17, 15) is 9.59 Å². The maximum atomic E-state index is 12.5. The fourth-order valence-electron chi connectivity index (χ4n) is 3.70. The summed E-state index contributed by atoms with van der Waals surface area (Å²) in [5.41, 5.74) is 1.57. The van der Waals surface area contributed by atoms with Crippen molar-refractivity contribution in [3.8, 4) is 17.2 Å². The van der Waals surface area contributed by atoms with Crippen molar-refractivity contribution in [2.45, 2.75) is 12.3 Å². The predicted molar refractivity (Wildman–Crippen MR) is 130 cm³/mol. The lowest BCUT2D eigenvalue weighted by atomic mass is 10.1. The average Bonchev–Trinajstić information content (AvgIpc) is 3.48. The van der Waals surface area contributed by atoms with Crippen LogP contribution in [-0.4, -0.2) is 49.9 Å². The Bertz CT molecular complexity index is 1190. The standard InChI is InChI=1S/C24H24N4O5S/c1-31-18-11-15(12-19(32-2)22(18)33-3)9-10-20(29)25-24-27-26-23(34-24)16-13-21(30)28(14-16)17-7-5-4-6-8-17/h4-12,16H,13-14H2,1-3H3,(H,25,27,29)/b10-9+. The van der Waals surface area contributed by atoms with Gasteiger partial charge in [0.05, 0.1) is 21.3 Å². The van der Waals surface area contributed by atoms with Gasteiger partial charge < -0.3 is 19.1 Å². The Labute approximate surface area is 201 Å². The van der Waals surface area contributed by atoms with E-state index in [-0.39, 0.29) is 17.7 Å². The number of nitrogens with one attached hydrogen (secondary N) is 1. The summed E-state index contributed by atoms with van der Waals surface area (Å²) in [6.45, 7) is 0.534. The van der Waals surface area contributed by atoms with Crippen LogP contribution in [0.3, 0.4) is 0 Å². The molecule has 0 aliphatic carbocycles. The number of nitrogens with zero attached hydrogens (tertiary/aromatic N) is 3. The molecule has 1 atom stereocenters. The third kappa shape index (κ3) is 5.01. The van der Waals surface area contributed by atoms with Crippen LogP contribution in [0, 0.1) is 0 Å². The SMILES string of the molecule is COc1cc(/C=C/C(=O)Nc2nnc(C3CC(=O)N(c4ccccc4)C3)s2)cc(OC)c1OC. The van der Waals surface area contributed by atoms with E-state index >= 15 is 0 Å². The first-order chi connectivity index (χ1) is 16.5. The number of rotatable bonds is 8. The van der Waals surface area contributed by atoms with Crippen LogP contribution < -0.4 is 24.4 Å². The first kappa shape index (κ1) is 23.2. The number of ether oxygens (including phenoxy) is 3. The van der Waals surface area contributed by atoms with Crippen molar-refractivity contribution >= 4 is 40.0 Å². The summed E-state index contributed by atoms with van der Waals surface area (Å²) < 4.78 is 16.0. The van der Waals surface area contributed by atoms with Crippen molar-refractivity contribution in [1.82, 2.24) is 10.2 Å². The molecular formula is C24H24N4O5S. The monoisotopic (exact) mass is 480 g/mol. The van der Waals surface area contributed by atoms with Crippen molar-refractivity contribution in [2.24, 2.45) is 0 Å². The number of carbonyl (C=O) groups is 2. The van der Waals surface area contributed by atoms with Crippen molar-refractivity contribution in [3.05, 3.63) is 59.1 Å². The summed E-state index contributed by atoms with van der Waals surface area (Å²) in [4.78, 5) is 26.7. The maximum Gasteiger partial charge on any atom is 0.250 e. The van der Waals surface area contributed by atoms with Crippen molar-refractivity contribution < 1.29 is 23.8 Å². The molecule has 0 spiro atoms. The molecule has 0 bridgehead atoms. The van der Waals surface area contributed by atoms with E-state index in [0.29, 0.717) is 40.9 Å². The molecule has 1 saturated heterocycles. The Balaban J connectivity index is 1.40. The number of methoxy groups -OCH3 is 3. The lowest BCUT2D eigenvalue weighted by Gasteiger charge is -2.15. The fraction of sp³-hybridized carbons (Fsp3) is 0.250. The summed E-state index contributed by atoms with van der Waals surface area (Å²) in [5, 5.41) is 12.1. The zero-order valence-electron chi connectivity index (χ0n) is 19.0. The van der Waals surface area contributed by atoms with Crippen molar-refractivity contribution in [3.63, 3.8) is 0 Å². The average molecular weight is 481 g/mol. The minimum Gasteiger partial charge on any atom is -0.493 e. The highest BCUT2D eigenvalue weighted by Crippen LogP contribution is 2.38. The van der Waals surface area contributed by atoms with Gasteiger partial charge in [-0.05, 0) is 35.9 Å². The largest absolute Gasteiger partial charge is 0.493 e. The predicted octanol–water partition coefficient (Wildman–Crippen LogP) is 3.74. The second kappa shape index (κ2) is 10.3. The Hall–Kier alpha value is -3.92. The van der Waals surface area contributed by atoms with Gasteiger partial charge in [0.1, 0.15) is 5.01 Å². The van der Waals surface area contributed by atoms with Gasteiger partial charge in [0, 0.05) is 30.6 Å². The minimum absolute atomic E-state index is 0.0465. The van der Waals surface area contributed by atoms with E-state index in [1.165, 1.54) is 38.7 Å². The number of aromatic nitrogens is 2. The van der Waals surface area contributed by atoms with Gasteiger partial charge in [-0.1, -0.05) is 29.5 Å². The Morgan fingerprint density at radius 1 is 1.09 bits per heavy atom. The summed E-state index contributed by atoms with van der Waals surface area (Å²) in [6, 6.07) is 13.0. The van der Waals surface area contributed by atoms with Crippen molar-refractivity contribution in [2.75, 3.05) is 38.1 Å². The van der Waals surface area contributed by atoms with Gasteiger partial charge in [-0.15, -0.1) is 10.2 Å². The van der Waals surface area contributed by atoms with Crippen LogP contribution in [0.25, 0.3) is 6.08 Å². The van der Waals surface area contributed by atoms with Gasteiger partial charge in [0.25, 0.3) is 0 Å². The molecular weight excluding hydrogens is 456 g/mol. The van der Waals surface area contributed by atoms with Crippen LogP contribution in [0.1, 0.15) is 22.9 Å². The number of para-hydroxylation sites is 1. The van der Waals surface area contributed by atoms with Gasteiger partial charge in [-0.25, -0.2) is 0 Å². The fourth-order valence-corrected chi connectivity index (χ4v) is 4.53. The number of carbonyl (C=O) groups excluding carboxylic acids is 2. The molecule has 9 nitrogen and oxygen atoms in total. The molecule has 1 aliphatic heterocycles. The number of benzene rings is 2. The van der Waals surface area contributed by atoms with Crippen LogP contribution in [0.2, 0.25) is 0 Å². The van der Waals surface area contributed by atoms with E-state index in [1.807, 2.05) is 30.3 Å². The van der Waals surface area contributed by atoms with Crippen LogP contribution >= 0.6 is 11.3 Å². The second-order valence-electron chi connectivity index (χ2n) is 7.47. The molecule has 0 saturated carbocycles. The van der Waals surface area contributed by atoms with Crippen molar-refractivity contribution in [1.29, 1.82) is 0 Å². The highest BCUT2D eigenvalue weighted by atomic mass is 32.1. The highest BCUT2D eigenvalue weighted by Gasteiger charge is 2.33. The minimum atomic E-state index is -0.357. The zero-order chi connectivity index (χ0) is 24.1. The molecule has 176 valence electrons. The number of hydrogen-bond donors (Lipinski definition) is 1. The van der Waals surface area contributed by atoms with Gasteiger partial charge in [-0.3, -0.25) is 14.9 Å². The molecule has 2 heterocycles. The Morgan fingerprint density at radius 2 is 1.79 bits per heavy atom. The van der Waals surface area contributed by atoms with Gasteiger partial charge in [0.2, 0.25) is 22.7 Å². The molecule has 10 heteroatoms. The lowest BCUT2D eigenvalue weighted by Crippen LogP contribution is -2.24. The van der Waals surface area contributed by atoms with Crippen LogP contribution in [0.5, 0.6) is 17.2 Å². The third-order valence-corrected chi connectivity index (χ3v) is 6.33. The maximum absolute atomic E-state index is 12.5. The summed E-state index contributed by atoms with van der Waals surface area (Å²) in [5.74, 6) is 1.09.